The number of aryl methyl sites for hydroxylation is 4. The molecule has 0 radical (unpaired) electrons. The molecule has 0 aliphatic heterocycles. The highest BCUT2D eigenvalue weighted by atomic mass is 14.3. The molecular weight excluding hydrogens is 937 g/mol. The lowest BCUT2D eigenvalue weighted by atomic mass is 9.85. The summed E-state index contributed by atoms with van der Waals surface area (Å²) in [6.45, 7) is 9.00. The van der Waals surface area contributed by atoms with E-state index >= 15 is 0 Å². The summed E-state index contributed by atoms with van der Waals surface area (Å²) >= 11 is 0. The van der Waals surface area contributed by atoms with Gasteiger partial charge >= 0.3 is 0 Å². The first-order valence-electron chi connectivity index (χ1n) is 27.7. The molecule has 0 N–H and O–H groups in total. The third kappa shape index (κ3) is 5.25. The Kier molecular flexibility index (Phi) is 8.23. The minimum atomic E-state index is 1.24. The molecular formula is C78H48. The van der Waals surface area contributed by atoms with Gasteiger partial charge in [-0.15, -0.1) is 0 Å². The maximum atomic E-state index is 2.58. The molecule has 0 heteroatoms. The third-order valence-corrected chi connectivity index (χ3v) is 18.8. The molecule has 0 saturated heterocycles. The third-order valence-electron chi connectivity index (χ3n) is 18.8. The minimum absolute atomic E-state index is 1.24. The van der Waals surface area contributed by atoms with E-state index in [1.165, 1.54) is 207 Å². The van der Waals surface area contributed by atoms with E-state index < -0.39 is 0 Å². The predicted octanol–water partition coefficient (Wildman–Crippen LogP) is 22.3. The zero-order valence-electron chi connectivity index (χ0n) is 43.8. The minimum Gasteiger partial charge on any atom is -0.0622 e. The first-order chi connectivity index (χ1) is 38.4. The van der Waals surface area contributed by atoms with Gasteiger partial charge in [0.25, 0.3) is 0 Å². The molecule has 0 nitrogen and oxygen atoms in total. The van der Waals surface area contributed by atoms with Crippen molar-refractivity contribution in [1.82, 2.24) is 0 Å². The van der Waals surface area contributed by atoms with Crippen molar-refractivity contribution >= 4 is 140 Å². The van der Waals surface area contributed by atoms with Crippen LogP contribution in [-0.4, -0.2) is 0 Å². The van der Waals surface area contributed by atoms with Crippen LogP contribution in [0.3, 0.4) is 0 Å². The quantitative estimate of drug-likeness (QED) is 0.122. The van der Waals surface area contributed by atoms with E-state index in [2.05, 4.69) is 246 Å². The Morgan fingerprint density at radius 3 is 0.833 bits per heavy atom. The molecule has 18 rings (SSSR count). The standard InChI is InChI=1S/C78H48/c1-41-15-11-16-42(2)67(41)51-27-29-53-57-32-34-60-64-40-66-65(39-63(64)59-33-31-55(73(57)75(59)60)49-25-13-23-47(51)71(49)53)69(45-19-7-5-8-20-45)77-61-37-35-56-50-26-14-24-48-52(68-43(3)17-12-18-44(68)4)28-30-54(72(48)50)58-36-38-62(76(61)74(56)58)78(77)70(66)46-21-9-6-10-22-46/h5-40H,1-4H3. The van der Waals surface area contributed by atoms with Crippen LogP contribution < -0.4 is 0 Å². The molecule has 360 valence electrons. The van der Waals surface area contributed by atoms with E-state index in [9.17, 15) is 0 Å². The monoisotopic (exact) mass is 984 g/mol. The molecule has 18 aromatic rings. The van der Waals surface area contributed by atoms with Crippen LogP contribution in [-0.2, 0) is 0 Å². The van der Waals surface area contributed by atoms with Crippen LogP contribution >= 0.6 is 0 Å². The summed E-state index contributed by atoms with van der Waals surface area (Å²) in [6, 6.07) is 84.2. The molecule has 0 spiro atoms. The number of rotatable bonds is 4. The van der Waals surface area contributed by atoms with Gasteiger partial charge in [-0.1, -0.05) is 206 Å². The Balaban J connectivity index is 0.979. The summed E-state index contributed by atoms with van der Waals surface area (Å²) in [6.07, 6.45) is 0. The van der Waals surface area contributed by atoms with Crippen LogP contribution in [0.25, 0.3) is 185 Å². The van der Waals surface area contributed by atoms with Crippen LogP contribution in [0.15, 0.2) is 218 Å². The van der Waals surface area contributed by atoms with Gasteiger partial charge < -0.3 is 0 Å². The fourth-order valence-corrected chi connectivity index (χ4v) is 15.7. The van der Waals surface area contributed by atoms with E-state index in [1.54, 1.807) is 0 Å². The van der Waals surface area contributed by atoms with Crippen molar-refractivity contribution in [2.45, 2.75) is 27.7 Å². The van der Waals surface area contributed by atoms with Crippen molar-refractivity contribution in [1.29, 1.82) is 0 Å². The van der Waals surface area contributed by atoms with Crippen molar-refractivity contribution in [2.75, 3.05) is 0 Å². The molecule has 0 bridgehead atoms. The summed E-state index contributed by atoms with van der Waals surface area (Å²) in [4.78, 5) is 0. The fourth-order valence-electron chi connectivity index (χ4n) is 15.7. The smallest absolute Gasteiger partial charge is 0.000740 e. The van der Waals surface area contributed by atoms with Crippen molar-refractivity contribution in [2.24, 2.45) is 0 Å². The van der Waals surface area contributed by atoms with Gasteiger partial charge in [-0.3, -0.25) is 0 Å². The second kappa shape index (κ2) is 15.1. The van der Waals surface area contributed by atoms with E-state index in [1.807, 2.05) is 0 Å². The van der Waals surface area contributed by atoms with Gasteiger partial charge in [0.15, 0.2) is 0 Å². The number of hydrogen-bond acceptors (Lipinski definition) is 0. The zero-order valence-corrected chi connectivity index (χ0v) is 43.8. The van der Waals surface area contributed by atoms with Crippen molar-refractivity contribution in [3.05, 3.63) is 241 Å². The van der Waals surface area contributed by atoms with E-state index in [-0.39, 0.29) is 0 Å². The molecule has 0 heterocycles. The van der Waals surface area contributed by atoms with Crippen LogP contribution in [0, 0.1) is 27.7 Å². The van der Waals surface area contributed by atoms with Crippen LogP contribution in [0.4, 0.5) is 0 Å². The Morgan fingerprint density at radius 2 is 0.449 bits per heavy atom. The predicted molar refractivity (Wildman–Crippen MR) is 339 cm³/mol. The maximum absolute atomic E-state index is 2.58. The zero-order chi connectivity index (χ0) is 51.4. The summed E-state index contributed by atoms with van der Waals surface area (Å²) < 4.78 is 0. The second-order valence-electron chi connectivity index (χ2n) is 22.6. The Labute approximate surface area is 450 Å². The summed E-state index contributed by atoms with van der Waals surface area (Å²) in [7, 11) is 0. The number of benzene rings is 16. The average Bonchev–Trinajstić information content (AvgIpc) is 4.06. The van der Waals surface area contributed by atoms with Gasteiger partial charge in [-0.2, -0.15) is 0 Å². The van der Waals surface area contributed by atoms with Gasteiger partial charge in [-0.25, -0.2) is 0 Å². The van der Waals surface area contributed by atoms with Gasteiger partial charge in [0.1, 0.15) is 0 Å². The fraction of sp³-hybridized carbons (Fsp3) is 0.0513. The van der Waals surface area contributed by atoms with Gasteiger partial charge in [0.05, 0.1) is 0 Å². The highest BCUT2D eigenvalue weighted by Crippen LogP contribution is 2.57. The summed E-state index contributed by atoms with van der Waals surface area (Å²) in [5, 5.41) is 34.5. The van der Waals surface area contributed by atoms with Crippen LogP contribution in [0.1, 0.15) is 22.3 Å². The maximum Gasteiger partial charge on any atom is -0.000740 e. The first kappa shape index (κ1) is 42.6. The lowest BCUT2D eigenvalue weighted by molar-refractivity contribution is 1.39. The SMILES string of the molecule is Cc1cccc(C)c1-c1ccc2c3ccc4c5cc6c(-c7ccccc7)c7c8ccc9c%10ccc(-c%11c(C)cccc%11C)c%11cccc(c%12ccc(c7c(-c7ccccc7)c6cc5c5ccc(c6cccc1c62)c3c54)c8c%129)c%11%10. The largest absolute Gasteiger partial charge is 0.0622 e. The number of fused-ring (bicyclic) bond motifs is 11. The molecule has 0 fully saturated rings. The molecule has 18 aromatic carbocycles. The Hall–Kier alpha value is -9.62. The molecule has 0 aliphatic carbocycles. The van der Waals surface area contributed by atoms with E-state index in [0.29, 0.717) is 0 Å². The molecule has 0 unspecified atom stereocenters. The van der Waals surface area contributed by atoms with Crippen molar-refractivity contribution in [3.63, 3.8) is 0 Å². The molecule has 0 aliphatic rings. The van der Waals surface area contributed by atoms with Gasteiger partial charge in [0, 0.05) is 0 Å². The number of hydrogen-bond donors (Lipinski definition) is 0. The molecule has 0 saturated carbocycles. The van der Waals surface area contributed by atoms with E-state index in [4.69, 9.17) is 0 Å². The van der Waals surface area contributed by atoms with E-state index in [0.717, 1.165) is 0 Å². The highest BCUT2D eigenvalue weighted by molar-refractivity contribution is 6.48. The van der Waals surface area contributed by atoms with Crippen molar-refractivity contribution < 1.29 is 0 Å². The molecule has 78 heavy (non-hydrogen) atoms. The molecule has 0 aromatic heterocycles. The Morgan fingerprint density at radius 1 is 0.167 bits per heavy atom. The van der Waals surface area contributed by atoms with Crippen LogP contribution in [0.5, 0.6) is 0 Å². The van der Waals surface area contributed by atoms with Crippen molar-refractivity contribution in [3.8, 4) is 44.5 Å². The van der Waals surface area contributed by atoms with Gasteiger partial charge in [-0.05, 0) is 247 Å². The van der Waals surface area contributed by atoms with Gasteiger partial charge in [0.2, 0.25) is 0 Å². The summed E-state index contributed by atoms with van der Waals surface area (Å²) in [5.74, 6) is 0. The lowest BCUT2D eigenvalue weighted by Crippen LogP contribution is -1.92. The molecule has 0 atom stereocenters. The summed E-state index contributed by atoms with van der Waals surface area (Å²) in [5.41, 5.74) is 15.6. The lowest BCUT2D eigenvalue weighted by Gasteiger charge is -2.18. The Bertz CT molecular complexity index is 5370. The normalized spacial score (nSPS) is 12.6. The highest BCUT2D eigenvalue weighted by Gasteiger charge is 2.28. The first-order valence-corrected chi connectivity index (χ1v) is 27.7. The average molecular weight is 985 g/mol. The molecule has 0 amide bonds. The van der Waals surface area contributed by atoms with Crippen LogP contribution in [0.2, 0.25) is 0 Å². The second-order valence-corrected chi connectivity index (χ2v) is 22.6. The topological polar surface area (TPSA) is 0 Å².